The summed E-state index contributed by atoms with van der Waals surface area (Å²) in [6.07, 6.45) is -0.216. The minimum atomic E-state index is -0.777. The first-order valence-corrected chi connectivity index (χ1v) is 8.21. The van der Waals surface area contributed by atoms with E-state index in [4.69, 9.17) is 4.74 Å². The van der Waals surface area contributed by atoms with Crippen LogP contribution in [0.4, 0.5) is 5.69 Å². The Balaban J connectivity index is 1.70. The smallest absolute Gasteiger partial charge is 0.312 e. The van der Waals surface area contributed by atoms with Crippen molar-refractivity contribution >= 4 is 23.5 Å². The SMILES string of the molecule is Cc1ccc(OC(=O)CCN2C(=O)c3cccc([N+](=O)[O-])c3C2=O)cc1C. The highest BCUT2D eigenvalue weighted by atomic mass is 16.6. The maximum absolute atomic E-state index is 12.4. The number of ether oxygens (including phenoxy) is 1. The number of fused-ring (bicyclic) bond motifs is 1. The van der Waals surface area contributed by atoms with Crippen LogP contribution in [0.15, 0.2) is 36.4 Å². The molecule has 1 aliphatic heterocycles. The molecule has 1 heterocycles. The summed E-state index contributed by atoms with van der Waals surface area (Å²) >= 11 is 0. The molecule has 8 heteroatoms. The molecule has 0 fully saturated rings. The van der Waals surface area contributed by atoms with Crippen LogP contribution in [-0.2, 0) is 4.79 Å². The average molecular weight is 368 g/mol. The van der Waals surface area contributed by atoms with E-state index in [1.807, 2.05) is 19.9 Å². The van der Waals surface area contributed by atoms with E-state index in [-0.39, 0.29) is 24.1 Å². The number of amides is 2. The molecule has 0 bridgehead atoms. The molecule has 138 valence electrons. The Morgan fingerprint density at radius 1 is 1.11 bits per heavy atom. The summed E-state index contributed by atoms with van der Waals surface area (Å²) in [5.74, 6) is -1.66. The maximum Gasteiger partial charge on any atom is 0.312 e. The van der Waals surface area contributed by atoms with Crippen molar-refractivity contribution in [2.24, 2.45) is 0 Å². The van der Waals surface area contributed by atoms with E-state index in [2.05, 4.69) is 0 Å². The molecule has 27 heavy (non-hydrogen) atoms. The van der Waals surface area contributed by atoms with Crippen LogP contribution in [0.3, 0.4) is 0 Å². The molecule has 8 nitrogen and oxygen atoms in total. The van der Waals surface area contributed by atoms with Gasteiger partial charge in [-0.05, 0) is 43.2 Å². The van der Waals surface area contributed by atoms with Gasteiger partial charge in [0.25, 0.3) is 17.5 Å². The van der Waals surface area contributed by atoms with Gasteiger partial charge in [0.2, 0.25) is 0 Å². The molecule has 0 aliphatic carbocycles. The van der Waals surface area contributed by atoms with Gasteiger partial charge in [-0.1, -0.05) is 12.1 Å². The number of imide groups is 1. The van der Waals surface area contributed by atoms with Crippen LogP contribution < -0.4 is 4.74 Å². The lowest BCUT2D eigenvalue weighted by atomic mass is 10.1. The van der Waals surface area contributed by atoms with E-state index in [9.17, 15) is 24.5 Å². The summed E-state index contributed by atoms with van der Waals surface area (Å²) in [5.41, 5.74) is 1.33. The number of benzene rings is 2. The molecule has 0 atom stereocenters. The zero-order valence-electron chi connectivity index (χ0n) is 14.7. The first-order chi connectivity index (χ1) is 12.8. The van der Waals surface area contributed by atoms with Gasteiger partial charge in [-0.3, -0.25) is 29.4 Å². The van der Waals surface area contributed by atoms with Gasteiger partial charge in [-0.2, -0.15) is 0 Å². The second-order valence-corrected chi connectivity index (χ2v) is 6.19. The van der Waals surface area contributed by atoms with E-state index >= 15 is 0 Å². The molecule has 2 aromatic rings. The third-order valence-corrected chi connectivity index (χ3v) is 4.42. The standard InChI is InChI=1S/C19H16N2O6/c1-11-6-7-13(10-12(11)2)27-16(22)8-9-20-18(23)14-4-3-5-15(21(25)26)17(14)19(20)24/h3-7,10H,8-9H2,1-2H3. The normalized spacial score (nSPS) is 12.9. The highest BCUT2D eigenvalue weighted by molar-refractivity contribution is 6.23. The molecule has 0 saturated carbocycles. The fourth-order valence-corrected chi connectivity index (χ4v) is 2.83. The van der Waals surface area contributed by atoms with Crippen molar-refractivity contribution in [2.45, 2.75) is 20.3 Å². The molecule has 0 unspecified atom stereocenters. The van der Waals surface area contributed by atoms with Gasteiger partial charge >= 0.3 is 5.97 Å². The van der Waals surface area contributed by atoms with Crippen LogP contribution >= 0.6 is 0 Å². The number of carbonyl (C=O) groups excluding carboxylic acids is 3. The predicted octanol–water partition coefficient (Wildman–Crippen LogP) is 2.80. The number of nitrogens with zero attached hydrogens (tertiary/aromatic N) is 2. The van der Waals surface area contributed by atoms with E-state index in [1.54, 1.807) is 12.1 Å². The number of hydrogen-bond acceptors (Lipinski definition) is 6. The molecular formula is C19H16N2O6. The number of rotatable bonds is 5. The van der Waals surface area contributed by atoms with Gasteiger partial charge in [0.15, 0.2) is 0 Å². The van der Waals surface area contributed by atoms with E-state index in [0.717, 1.165) is 16.0 Å². The Kier molecular flexibility index (Phi) is 4.72. The van der Waals surface area contributed by atoms with Crippen molar-refractivity contribution in [3.8, 4) is 5.75 Å². The van der Waals surface area contributed by atoms with Crippen LogP contribution in [0.5, 0.6) is 5.75 Å². The first-order valence-electron chi connectivity index (χ1n) is 8.21. The Hall–Kier alpha value is -3.55. The summed E-state index contributed by atoms with van der Waals surface area (Å²) in [7, 11) is 0. The highest BCUT2D eigenvalue weighted by Gasteiger charge is 2.40. The monoisotopic (exact) mass is 368 g/mol. The molecule has 0 N–H and O–H groups in total. The Morgan fingerprint density at radius 2 is 1.85 bits per heavy atom. The Bertz CT molecular complexity index is 982. The number of carbonyl (C=O) groups is 3. The average Bonchev–Trinajstić information content (AvgIpc) is 2.87. The molecule has 1 aliphatic rings. The lowest BCUT2D eigenvalue weighted by Gasteiger charge is -2.13. The van der Waals surface area contributed by atoms with Crippen molar-refractivity contribution in [1.29, 1.82) is 0 Å². The van der Waals surface area contributed by atoms with Gasteiger partial charge in [0, 0.05) is 12.6 Å². The quantitative estimate of drug-likeness (QED) is 0.264. The molecule has 2 aromatic carbocycles. The number of hydrogen-bond donors (Lipinski definition) is 0. The fraction of sp³-hybridized carbons (Fsp3) is 0.211. The van der Waals surface area contributed by atoms with Gasteiger partial charge in [0.05, 0.1) is 16.9 Å². The zero-order chi connectivity index (χ0) is 19.7. The second-order valence-electron chi connectivity index (χ2n) is 6.19. The summed E-state index contributed by atoms with van der Waals surface area (Å²) < 4.78 is 5.22. The minimum absolute atomic E-state index is 0.0308. The number of aryl methyl sites for hydroxylation is 2. The van der Waals surface area contributed by atoms with E-state index in [1.165, 1.54) is 18.2 Å². The molecular weight excluding hydrogens is 352 g/mol. The topological polar surface area (TPSA) is 107 Å². The second kappa shape index (κ2) is 6.99. The summed E-state index contributed by atoms with van der Waals surface area (Å²) in [5, 5.41) is 11.1. The fourth-order valence-electron chi connectivity index (χ4n) is 2.83. The summed E-state index contributed by atoms with van der Waals surface area (Å²) in [4.78, 5) is 48.1. The van der Waals surface area contributed by atoms with E-state index < -0.39 is 28.4 Å². The highest BCUT2D eigenvalue weighted by Crippen LogP contribution is 2.30. The van der Waals surface area contributed by atoms with Crippen molar-refractivity contribution in [3.63, 3.8) is 0 Å². The molecule has 0 saturated heterocycles. The van der Waals surface area contributed by atoms with Crippen LogP contribution in [0.25, 0.3) is 0 Å². The Morgan fingerprint density at radius 3 is 2.52 bits per heavy atom. The summed E-state index contributed by atoms with van der Waals surface area (Å²) in [6.45, 7) is 3.61. The van der Waals surface area contributed by atoms with Crippen molar-refractivity contribution < 1.29 is 24.0 Å². The third kappa shape index (κ3) is 3.41. The molecule has 0 spiro atoms. The van der Waals surface area contributed by atoms with Crippen molar-refractivity contribution in [3.05, 3.63) is 68.8 Å². The number of nitro benzene ring substituents is 1. The van der Waals surface area contributed by atoms with Crippen LogP contribution in [-0.4, -0.2) is 34.2 Å². The van der Waals surface area contributed by atoms with Gasteiger partial charge in [-0.25, -0.2) is 0 Å². The number of nitro groups is 1. The van der Waals surface area contributed by atoms with Gasteiger partial charge in [0.1, 0.15) is 11.3 Å². The lowest BCUT2D eigenvalue weighted by Crippen LogP contribution is -2.32. The third-order valence-electron chi connectivity index (χ3n) is 4.42. The first kappa shape index (κ1) is 18.2. The van der Waals surface area contributed by atoms with E-state index in [0.29, 0.717) is 5.75 Å². The predicted molar refractivity (Wildman–Crippen MR) is 94.6 cm³/mol. The van der Waals surface area contributed by atoms with Crippen molar-refractivity contribution in [2.75, 3.05) is 6.54 Å². The van der Waals surface area contributed by atoms with Gasteiger partial charge < -0.3 is 4.74 Å². The maximum atomic E-state index is 12.4. The van der Waals surface area contributed by atoms with Crippen molar-refractivity contribution in [1.82, 2.24) is 4.90 Å². The molecule has 0 aromatic heterocycles. The molecule has 0 radical (unpaired) electrons. The lowest BCUT2D eigenvalue weighted by molar-refractivity contribution is -0.385. The largest absolute Gasteiger partial charge is 0.426 e. The van der Waals surface area contributed by atoms with Crippen LogP contribution in [0.1, 0.15) is 38.3 Å². The van der Waals surface area contributed by atoms with Crippen LogP contribution in [0, 0.1) is 24.0 Å². The molecule has 2 amide bonds. The summed E-state index contributed by atoms with van der Waals surface area (Å²) in [6, 6.07) is 9.07. The Labute approximate surface area is 154 Å². The number of esters is 1. The van der Waals surface area contributed by atoms with Gasteiger partial charge in [-0.15, -0.1) is 0 Å². The molecule has 3 rings (SSSR count). The minimum Gasteiger partial charge on any atom is -0.426 e. The van der Waals surface area contributed by atoms with Crippen LogP contribution in [0.2, 0.25) is 0 Å². The zero-order valence-corrected chi connectivity index (χ0v) is 14.7.